The molecule has 0 atom stereocenters. The minimum absolute atomic E-state index is 0.172. The number of carbonyl (C=O) groups is 1. The van der Waals surface area contributed by atoms with Crippen LogP contribution in [0.1, 0.15) is 33.2 Å². The summed E-state index contributed by atoms with van der Waals surface area (Å²) in [6, 6.07) is 17.2. The Kier molecular flexibility index (Phi) is 7.84. The van der Waals surface area contributed by atoms with Crippen molar-refractivity contribution in [2.75, 3.05) is 13.1 Å². The molecule has 2 N–H and O–H groups in total. The van der Waals surface area contributed by atoms with Crippen LogP contribution >= 0.6 is 0 Å². The third-order valence-corrected chi connectivity index (χ3v) is 6.32. The third-order valence-electron chi connectivity index (χ3n) is 6.32. The van der Waals surface area contributed by atoms with Gasteiger partial charge in [0.1, 0.15) is 17.9 Å². The number of carbonyl (C=O) groups excluding carboxylic acids is 1. The van der Waals surface area contributed by atoms with Gasteiger partial charge in [0.15, 0.2) is 5.69 Å². The van der Waals surface area contributed by atoms with E-state index in [9.17, 15) is 13.6 Å². The number of halogens is 2. The monoisotopic (exact) mass is 515 g/mol. The molecular weight excluding hydrogens is 488 g/mol. The highest BCUT2D eigenvalue weighted by Crippen LogP contribution is 2.20. The van der Waals surface area contributed by atoms with Crippen molar-refractivity contribution in [2.24, 2.45) is 0 Å². The maximum atomic E-state index is 14.5. The molecule has 3 heterocycles. The number of aromatic nitrogens is 3. The van der Waals surface area contributed by atoms with E-state index in [1.807, 2.05) is 47.5 Å². The number of aromatic amines is 1. The summed E-state index contributed by atoms with van der Waals surface area (Å²) in [5.74, 6) is -1.24. The number of amides is 1. The van der Waals surface area contributed by atoms with Crippen LogP contribution in [0, 0.1) is 11.6 Å². The lowest BCUT2D eigenvalue weighted by Crippen LogP contribution is -2.27. The van der Waals surface area contributed by atoms with Crippen LogP contribution in [0.25, 0.3) is 10.9 Å². The van der Waals surface area contributed by atoms with E-state index in [-0.39, 0.29) is 24.7 Å². The SMILES string of the molecule is O=C(NCCc1ccccn1)c1coc(CN(CCc2c[nH]c3ccccc23)Cc2ccc(F)cc2F)n1. The van der Waals surface area contributed by atoms with E-state index >= 15 is 0 Å². The van der Waals surface area contributed by atoms with Gasteiger partial charge in [0, 0.05) is 66.7 Å². The van der Waals surface area contributed by atoms with E-state index in [0.29, 0.717) is 37.4 Å². The number of nitrogens with one attached hydrogen (secondary N) is 2. The van der Waals surface area contributed by atoms with E-state index in [0.717, 1.165) is 28.2 Å². The molecule has 0 fully saturated rings. The van der Waals surface area contributed by atoms with Crippen molar-refractivity contribution in [1.82, 2.24) is 25.2 Å². The van der Waals surface area contributed by atoms with Gasteiger partial charge in [-0.2, -0.15) is 0 Å². The predicted molar refractivity (Wildman–Crippen MR) is 139 cm³/mol. The highest BCUT2D eigenvalue weighted by atomic mass is 19.1. The number of H-pyrrole nitrogens is 1. The number of oxazole rings is 1. The Balaban J connectivity index is 1.25. The number of benzene rings is 2. The average Bonchev–Trinajstić information content (AvgIpc) is 3.57. The van der Waals surface area contributed by atoms with Gasteiger partial charge in [-0.15, -0.1) is 0 Å². The van der Waals surface area contributed by atoms with Crippen LogP contribution in [0.3, 0.4) is 0 Å². The molecule has 194 valence electrons. The summed E-state index contributed by atoms with van der Waals surface area (Å²) >= 11 is 0. The van der Waals surface area contributed by atoms with Crippen molar-refractivity contribution in [2.45, 2.75) is 25.9 Å². The first kappa shape index (κ1) is 25.3. The minimum Gasteiger partial charge on any atom is -0.447 e. The molecule has 1 amide bonds. The van der Waals surface area contributed by atoms with Gasteiger partial charge in [0.25, 0.3) is 5.91 Å². The molecular formula is C29H27F2N5O2. The quantitative estimate of drug-likeness (QED) is 0.257. The first-order valence-electron chi connectivity index (χ1n) is 12.4. The summed E-state index contributed by atoms with van der Waals surface area (Å²) in [5.41, 5.74) is 3.60. The van der Waals surface area contributed by atoms with Gasteiger partial charge in [-0.25, -0.2) is 13.8 Å². The van der Waals surface area contributed by atoms with Gasteiger partial charge in [-0.05, 0) is 36.2 Å². The summed E-state index contributed by atoms with van der Waals surface area (Å²) in [6.45, 7) is 1.45. The second-order valence-electron chi connectivity index (χ2n) is 9.01. The summed E-state index contributed by atoms with van der Waals surface area (Å²) in [4.78, 5) is 26.4. The van der Waals surface area contributed by atoms with E-state index in [4.69, 9.17) is 4.42 Å². The topological polar surface area (TPSA) is 87.0 Å². The van der Waals surface area contributed by atoms with Crippen LogP contribution in [0.4, 0.5) is 8.78 Å². The molecule has 0 aliphatic carbocycles. The molecule has 3 aromatic heterocycles. The average molecular weight is 516 g/mol. The van der Waals surface area contributed by atoms with Crippen LogP contribution in [-0.4, -0.2) is 38.8 Å². The van der Waals surface area contributed by atoms with Gasteiger partial charge in [-0.1, -0.05) is 30.3 Å². The zero-order valence-corrected chi connectivity index (χ0v) is 20.7. The van der Waals surface area contributed by atoms with Gasteiger partial charge in [0.2, 0.25) is 5.89 Å². The molecule has 7 nitrogen and oxygen atoms in total. The lowest BCUT2D eigenvalue weighted by Gasteiger charge is -2.21. The van der Waals surface area contributed by atoms with Crippen molar-refractivity contribution in [1.29, 1.82) is 0 Å². The highest BCUT2D eigenvalue weighted by Gasteiger charge is 2.17. The zero-order valence-electron chi connectivity index (χ0n) is 20.7. The molecule has 0 spiro atoms. The van der Waals surface area contributed by atoms with Crippen LogP contribution in [0.15, 0.2) is 83.7 Å². The number of nitrogens with zero attached hydrogens (tertiary/aromatic N) is 3. The lowest BCUT2D eigenvalue weighted by atomic mass is 10.1. The number of para-hydroxylation sites is 1. The van der Waals surface area contributed by atoms with Crippen molar-refractivity contribution in [3.63, 3.8) is 0 Å². The van der Waals surface area contributed by atoms with Crippen LogP contribution < -0.4 is 5.32 Å². The van der Waals surface area contributed by atoms with Crippen molar-refractivity contribution in [3.8, 4) is 0 Å². The molecule has 0 radical (unpaired) electrons. The minimum atomic E-state index is -0.622. The second kappa shape index (κ2) is 11.8. The molecule has 5 rings (SSSR count). The molecule has 0 unspecified atom stereocenters. The zero-order chi connectivity index (χ0) is 26.3. The fourth-order valence-corrected chi connectivity index (χ4v) is 4.34. The summed E-state index contributed by atoms with van der Waals surface area (Å²) in [5, 5.41) is 3.95. The highest BCUT2D eigenvalue weighted by molar-refractivity contribution is 5.91. The Labute approximate surface area is 218 Å². The van der Waals surface area contributed by atoms with Crippen molar-refractivity contribution < 1.29 is 18.0 Å². The van der Waals surface area contributed by atoms with Gasteiger partial charge < -0.3 is 14.7 Å². The predicted octanol–water partition coefficient (Wildman–Crippen LogP) is 5.05. The van der Waals surface area contributed by atoms with Gasteiger partial charge in [0.05, 0.1) is 6.54 Å². The van der Waals surface area contributed by atoms with Crippen LogP contribution in [0.2, 0.25) is 0 Å². The largest absolute Gasteiger partial charge is 0.447 e. The third kappa shape index (κ3) is 6.30. The Morgan fingerprint density at radius 1 is 1.00 bits per heavy atom. The molecule has 0 aliphatic heterocycles. The van der Waals surface area contributed by atoms with Gasteiger partial charge in [-0.3, -0.25) is 14.7 Å². The fourth-order valence-electron chi connectivity index (χ4n) is 4.34. The number of hydrogen-bond donors (Lipinski definition) is 2. The van der Waals surface area contributed by atoms with Crippen molar-refractivity contribution >= 4 is 16.8 Å². The second-order valence-corrected chi connectivity index (χ2v) is 9.01. The first-order valence-corrected chi connectivity index (χ1v) is 12.4. The maximum Gasteiger partial charge on any atom is 0.273 e. The number of pyridine rings is 1. The van der Waals surface area contributed by atoms with Crippen LogP contribution in [-0.2, 0) is 25.9 Å². The number of hydrogen-bond acceptors (Lipinski definition) is 5. The summed E-state index contributed by atoms with van der Waals surface area (Å²) < 4.78 is 33.5. The number of rotatable bonds is 11. The summed E-state index contributed by atoms with van der Waals surface area (Å²) in [7, 11) is 0. The molecule has 0 aliphatic rings. The molecule has 9 heteroatoms. The molecule has 0 saturated carbocycles. The Bertz CT molecular complexity index is 1520. The molecule has 0 bridgehead atoms. The molecule has 38 heavy (non-hydrogen) atoms. The smallest absolute Gasteiger partial charge is 0.273 e. The van der Waals surface area contributed by atoms with E-state index < -0.39 is 11.6 Å². The first-order chi connectivity index (χ1) is 18.5. The van der Waals surface area contributed by atoms with Crippen LogP contribution in [0.5, 0.6) is 0 Å². The van der Waals surface area contributed by atoms with Gasteiger partial charge >= 0.3 is 0 Å². The van der Waals surface area contributed by atoms with E-state index in [1.165, 1.54) is 18.4 Å². The molecule has 5 aromatic rings. The Morgan fingerprint density at radius 2 is 1.87 bits per heavy atom. The normalized spacial score (nSPS) is 11.3. The van der Waals surface area contributed by atoms with E-state index in [1.54, 1.807) is 6.20 Å². The Morgan fingerprint density at radius 3 is 2.71 bits per heavy atom. The van der Waals surface area contributed by atoms with E-state index in [2.05, 4.69) is 26.3 Å². The van der Waals surface area contributed by atoms with Crippen molar-refractivity contribution in [3.05, 3.63) is 119 Å². The fraction of sp³-hybridized carbons (Fsp3) is 0.207. The maximum absolute atomic E-state index is 14.5. The Hall–Kier alpha value is -4.37. The summed E-state index contributed by atoms with van der Waals surface area (Å²) in [6.07, 6.45) is 6.29. The lowest BCUT2D eigenvalue weighted by molar-refractivity contribution is 0.0949. The standard InChI is InChI=1S/C29H27F2N5O2/c30-22-9-8-21(25(31)15-22)17-36(14-11-20-16-34-26-7-2-1-6-24(20)26)18-28-35-27(19-38-28)29(37)33-13-10-23-5-3-4-12-32-23/h1-9,12,15-16,19,34H,10-11,13-14,17-18H2,(H,33,37). The number of fused-ring (bicyclic) bond motifs is 1. The molecule has 0 saturated heterocycles. The molecule has 2 aromatic carbocycles.